The molecule has 1 amide bonds. The lowest BCUT2D eigenvalue weighted by Gasteiger charge is -2.13. The van der Waals surface area contributed by atoms with Gasteiger partial charge in [0.2, 0.25) is 0 Å². The van der Waals surface area contributed by atoms with Gasteiger partial charge in [0.15, 0.2) is 0 Å². The monoisotopic (exact) mass is 406 g/mol. The van der Waals surface area contributed by atoms with Gasteiger partial charge in [-0.25, -0.2) is 9.78 Å². The van der Waals surface area contributed by atoms with E-state index in [-0.39, 0.29) is 24.6 Å². The Bertz CT molecular complexity index is 1120. The van der Waals surface area contributed by atoms with Crippen LogP contribution in [0.4, 0.5) is 0 Å². The predicted molar refractivity (Wildman–Crippen MR) is 111 cm³/mol. The van der Waals surface area contributed by atoms with E-state index in [0.717, 1.165) is 10.9 Å². The normalized spacial score (nSPS) is 10.5. The number of ether oxygens (including phenoxy) is 2. The first-order chi connectivity index (χ1) is 14.4. The van der Waals surface area contributed by atoms with Gasteiger partial charge in [0.1, 0.15) is 13.2 Å². The SMILES string of the molecule is COC(=O)c1c(COC(=O)CNC(=O)c2cccc(C)c2)nc2ccccc2c1C. The number of methoxy groups -OCH3 is 1. The quantitative estimate of drug-likeness (QED) is 0.632. The molecule has 7 nitrogen and oxygen atoms in total. The van der Waals surface area contributed by atoms with E-state index in [1.807, 2.05) is 37.3 Å². The number of nitrogens with one attached hydrogen (secondary N) is 1. The Hall–Kier alpha value is -3.74. The van der Waals surface area contributed by atoms with Crippen molar-refractivity contribution in [2.24, 2.45) is 0 Å². The second-order valence-corrected chi connectivity index (χ2v) is 6.78. The number of rotatable bonds is 6. The van der Waals surface area contributed by atoms with Crippen LogP contribution in [0, 0.1) is 13.8 Å². The number of esters is 2. The van der Waals surface area contributed by atoms with Crippen LogP contribution in [0.5, 0.6) is 0 Å². The van der Waals surface area contributed by atoms with Crippen LogP contribution >= 0.6 is 0 Å². The zero-order chi connectivity index (χ0) is 21.7. The fourth-order valence-corrected chi connectivity index (χ4v) is 3.16. The van der Waals surface area contributed by atoms with Crippen LogP contribution in [-0.4, -0.2) is 36.5 Å². The number of para-hydroxylation sites is 1. The molecule has 3 rings (SSSR count). The summed E-state index contributed by atoms with van der Waals surface area (Å²) < 4.78 is 10.1. The maximum Gasteiger partial charge on any atom is 0.340 e. The number of aryl methyl sites for hydroxylation is 2. The summed E-state index contributed by atoms with van der Waals surface area (Å²) in [4.78, 5) is 41.0. The Labute approximate surface area is 174 Å². The molecule has 0 saturated heterocycles. The molecule has 0 aliphatic carbocycles. The van der Waals surface area contributed by atoms with Gasteiger partial charge in [-0.15, -0.1) is 0 Å². The van der Waals surface area contributed by atoms with Crippen molar-refractivity contribution in [2.45, 2.75) is 20.5 Å². The summed E-state index contributed by atoms with van der Waals surface area (Å²) in [5, 5.41) is 3.34. The van der Waals surface area contributed by atoms with Crippen LogP contribution in [-0.2, 0) is 20.9 Å². The van der Waals surface area contributed by atoms with Gasteiger partial charge in [-0.1, -0.05) is 35.9 Å². The fraction of sp³-hybridized carbons (Fsp3) is 0.217. The summed E-state index contributed by atoms with van der Waals surface area (Å²) in [5.74, 6) is -1.56. The highest BCUT2D eigenvalue weighted by molar-refractivity contribution is 5.98. The molecule has 154 valence electrons. The van der Waals surface area contributed by atoms with Gasteiger partial charge >= 0.3 is 11.9 Å². The van der Waals surface area contributed by atoms with Crippen LogP contribution in [0.2, 0.25) is 0 Å². The molecule has 0 unspecified atom stereocenters. The highest BCUT2D eigenvalue weighted by atomic mass is 16.5. The van der Waals surface area contributed by atoms with Crippen molar-refractivity contribution in [3.05, 3.63) is 76.5 Å². The molecule has 2 aromatic carbocycles. The number of hydrogen-bond acceptors (Lipinski definition) is 6. The lowest BCUT2D eigenvalue weighted by atomic mass is 10.0. The average Bonchev–Trinajstić information content (AvgIpc) is 2.75. The average molecular weight is 406 g/mol. The molecule has 1 N–H and O–H groups in total. The molecular weight excluding hydrogens is 384 g/mol. The minimum Gasteiger partial charge on any atom is -0.465 e. The lowest BCUT2D eigenvalue weighted by Crippen LogP contribution is -2.30. The summed E-state index contributed by atoms with van der Waals surface area (Å²) in [7, 11) is 1.29. The number of carbonyl (C=O) groups excluding carboxylic acids is 3. The predicted octanol–water partition coefficient (Wildman–Crippen LogP) is 3.11. The number of hydrogen-bond donors (Lipinski definition) is 1. The molecular formula is C23H22N2O5. The lowest BCUT2D eigenvalue weighted by molar-refractivity contribution is -0.143. The van der Waals surface area contributed by atoms with Gasteiger partial charge in [0.05, 0.1) is 23.9 Å². The number of pyridine rings is 1. The zero-order valence-electron chi connectivity index (χ0n) is 17.0. The van der Waals surface area contributed by atoms with Gasteiger partial charge in [0, 0.05) is 10.9 Å². The first-order valence-electron chi connectivity index (χ1n) is 9.37. The third kappa shape index (κ3) is 4.63. The molecule has 3 aromatic rings. The number of carbonyl (C=O) groups is 3. The Morgan fingerprint density at radius 2 is 1.80 bits per heavy atom. The van der Waals surface area contributed by atoms with Crippen LogP contribution < -0.4 is 5.32 Å². The van der Waals surface area contributed by atoms with E-state index in [1.165, 1.54) is 7.11 Å². The molecule has 0 saturated carbocycles. The smallest absolute Gasteiger partial charge is 0.340 e. The number of nitrogens with zero attached hydrogens (tertiary/aromatic N) is 1. The van der Waals surface area contributed by atoms with Crippen molar-refractivity contribution in [2.75, 3.05) is 13.7 Å². The zero-order valence-corrected chi connectivity index (χ0v) is 17.0. The number of benzene rings is 2. The second kappa shape index (κ2) is 9.17. The number of fused-ring (bicyclic) bond motifs is 1. The Balaban J connectivity index is 1.71. The summed E-state index contributed by atoms with van der Waals surface area (Å²) in [6.45, 7) is 3.16. The molecule has 0 fully saturated rings. The topological polar surface area (TPSA) is 94.6 Å². The number of amides is 1. The summed E-state index contributed by atoms with van der Waals surface area (Å²) in [6, 6.07) is 14.4. The molecule has 1 heterocycles. The highest BCUT2D eigenvalue weighted by Crippen LogP contribution is 2.24. The van der Waals surface area contributed by atoms with Crippen molar-refractivity contribution in [1.29, 1.82) is 0 Å². The molecule has 0 aliphatic heterocycles. The van der Waals surface area contributed by atoms with Crippen LogP contribution in [0.3, 0.4) is 0 Å². The van der Waals surface area contributed by atoms with Crippen molar-refractivity contribution >= 4 is 28.7 Å². The van der Waals surface area contributed by atoms with Crippen LogP contribution in [0.1, 0.15) is 37.5 Å². The minimum atomic E-state index is -0.639. The first kappa shape index (κ1) is 21.0. The Kier molecular flexibility index (Phi) is 6.41. The molecule has 7 heteroatoms. The van der Waals surface area contributed by atoms with Gasteiger partial charge in [-0.05, 0) is 37.6 Å². The molecule has 0 radical (unpaired) electrons. The maximum absolute atomic E-state index is 12.3. The largest absolute Gasteiger partial charge is 0.465 e. The number of aromatic nitrogens is 1. The first-order valence-corrected chi connectivity index (χ1v) is 9.37. The highest BCUT2D eigenvalue weighted by Gasteiger charge is 2.20. The van der Waals surface area contributed by atoms with Crippen molar-refractivity contribution in [3.63, 3.8) is 0 Å². The molecule has 0 spiro atoms. The van der Waals surface area contributed by atoms with E-state index >= 15 is 0 Å². The van der Waals surface area contributed by atoms with Crippen LogP contribution in [0.25, 0.3) is 10.9 Å². The van der Waals surface area contributed by atoms with Crippen molar-refractivity contribution < 1.29 is 23.9 Å². The maximum atomic E-state index is 12.3. The van der Waals surface area contributed by atoms with Crippen LogP contribution in [0.15, 0.2) is 48.5 Å². The molecule has 0 bridgehead atoms. The molecule has 0 atom stereocenters. The second-order valence-electron chi connectivity index (χ2n) is 6.78. The minimum absolute atomic E-state index is 0.213. The third-order valence-corrected chi connectivity index (χ3v) is 4.66. The molecule has 30 heavy (non-hydrogen) atoms. The van der Waals surface area contributed by atoms with Crippen molar-refractivity contribution in [1.82, 2.24) is 10.3 Å². The van der Waals surface area contributed by atoms with E-state index < -0.39 is 11.9 Å². The van der Waals surface area contributed by atoms with Gasteiger partial charge in [0.25, 0.3) is 5.91 Å². The summed E-state index contributed by atoms with van der Waals surface area (Å²) >= 11 is 0. The van der Waals surface area contributed by atoms with Gasteiger partial charge < -0.3 is 14.8 Å². The van der Waals surface area contributed by atoms with E-state index in [2.05, 4.69) is 10.3 Å². The Morgan fingerprint density at radius 1 is 1.03 bits per heavy atom. The Morgan fingerprint density at radius 3 is 2.53 bits per heavy atom. The standard InChI is InChI=1S/C23H22N2O5/c1-14-7-6-8-16(11-14)22(27)24-12-20(26)30-13-19-21(23(28)29-3)15(2)17-9-4-5-10-18(17)25-19/h4-11H,12-13H2,1-3H3,(H,24,27). The van der Waals surface area contributed by atoms with E-state index in [1.54, 1.807) is 25.1 Å². The van der Waals surface area contributed by atoms with E-state index in [0.29, 0.717) is 22.3 Å². The van der Waals surface area contributed by atoms with Gasteiger partial charge in [-0.3, -0.25) is 9.59 Å². The summed E-state index contributed by atoms with van der Waals surface area (Å²) in [5.41, 5.74) is 3.36. The molecule has 0 aliphatic rings. The summed E-state index contributed by atoms with van der Waals surface area (Å²) in [6.07, 6.45) is 0. The third-order valence-electron chi connectivity index (χ3n) is 4.66. The van der Waals surface area contributed by atoms with E-state index in [9.17, 15) is 14.4 Å². The van der Waals surface area contributed by atoms with Crippen molar-refractivity contribution in [3.8, 4) is 0 Å². The fourth-order valence-electron chi connectivity index (χ4n) is 3.16. The van der Waals surface area contributed by atoms with E-state index in [4.69, 9.17) is 9.47 Å². The molecule has 1 aromatic heterocycles. The van der Waals surface area contributed by atoms with Gasteiger partial charge in [-0.2, -0.15) is 0 Å².